The van der Waals surface area contributed by atoms with Crippen LogP contribution in [0, 0.1) is 13.8 Å². The summed E-state index contributed by atoms with van der Waals surface area (Å²) >= 11 is 18.4. The van der Waals surface area contributed by atoms with Crippen LogP contribution in [-0.2, 0) is 21.4 Å². The summed E-state index contributed by atoms with van der Waals surface area (Å²) in [4.78, 5) is 12.9. The van der Waals surface area contributed by atoms with Crippen LogP contribution in [0.15, 0.2) is 65.6 Å². The normalized spacial score (nSPS) is 11.6. The van der Waals surface area contributed by atoms with Gasteiger partial charge in [-0.25, -0.2) is 8.42 Å². The van der Waals surface area contributed by atoms with Crippen LogP contribution in [0.1, 0.15) is 16.7 Å². The molecule has 0 aromatic heterocycles. The zero-order valence-corrected chi connectivity index (χ0v) is 20.5. The topological polar surface area (TPSA) is 66.5 Å². The molecule has 3 aromatic rings. The summed E-state index contributed by atoms with van der Waals surface area (Å²) in [5, 5.41) is 3.80. The molecule has 5 nitrogen and oxygen atoms in total. The Morgan fingerprint density at radius 3 is 2.16 bits per heavy atom. The number of nitrogens with one attached hydrogen (secondary N) is 1. The number of rotatable bonds is 7. The van der Waals surface area contributed by atoms with Crippen molar-refractivity contribution >= 4 is 56.4 Å². The molecule has 0 unspecified atom stereocenters. The van der Waals surface area contributed by atoms with E-state index in [2.05, 4.69) is 5.32 Å². The van der Waals surface area contributed by atoms with Gasteiger partial charge in [0.1, 0.15) is 0 Å². The average Bonchev–Trinajstić information content (AvgIpc) is 2.72. The van der Waals surface area contributed by atoms with Gasteiger partial charge in [0, 0.05) is 32.9 Å². The van der Waals surface area contributed by atoms with E-state index in [0.717, 1.165) is 15.4 Å². The molecule has 3 aromatic carbocycles. The zero-order chi connectivity index (χ0) is 23.5. The van der Waals surface area contributed by atoms with E-state index in [0.29, 0.717) is 26.3 Å². The first-order valence-corrected chi connectivity index (χ1v) is 12.2. The third-order valence-corrected chi connectivity index (χ3v) is 7.59. The molecule has 0 atom stereocenters. The minimum absolute atomic E-state index is 0.00407. The Morgan fingerprint density at radius 1 is 0.938 bits per heavy atom. The van der Waals surface area contributed by atoms with E-state index < -0.39 is 22.5 Å². The number of halogens is 3. The lowest BCUT2D eigenvalue weighted by Crippen LogP contribution is -2.37. The number of carbonyl (C=O) groups is 1. The number of aryl methyl sites for hydroxylation is 2. The molecule has 0 aliphatic carbocycles. The van der Waals surface area contributed by atoms with E-state index in [4.69, 9.17) is 34.8 Å². The second kappa shape index (κ2) is 10.2. The first-order chi connectivity index (χ1) is 15.1. The smallest absolute Gasteiger partial charge is 0.243 e. The summed E-state index contributed by atoms with van der Waals surface area (Å²) in [6, 6.07) is 16.2. The fraction of sp³-hybridized carbons (Fsp3) is 0.174. The Labute approximate surface area is 203 Å². The predicted octanol–water partition coefficient (Wildman–Crippen LogP) is 6.09. The Balaban J connectivity index is 1.94. The lowest BCUT2D eigenvalue weighted by atomic mass is 10.1. The van der Waals surface area contributed by atoms with Crippen molar-refractivity contribution in [2.24, 2.45) is 0 Å². The summed E-state index contributed by atoms with van der Waals surface area (Å²) in [5.41, 5.74) is 2.95. The molecule has 0 bridgehead atoms. The third kappa shape index (κ3) is 5.82. The van der Waals surface area contributed by atoms with Crippen LogP contribution in [0.4, 0.5) is 5.69 Å². The van der Waals surface area contributed by atoms with E-state index >= 15 is 0 Å². The molecule has 0 aliphatic heterocycles. The Kier molecular flexibility index (Phi) is 7.85. The fourth-order valence-corrected chi connectivity index (χ4v) is 5.15. The number of amides is 1. The van der Waals surface area contributed by atoms with E-state index in [9.17, 15) is 13.2 Å². The van der Waals surface area contributed by atoms with Gasteiger partial charge in [0.2, 0.25) is 15.9 Å². The number of hydrogen-bond acceptors (Lipinski definition) is 3. The molecule has 0 radical (unpaired) electrons. The Bertz CT molecular complexity index is 1230. The fourth-order valence-electron chi connectivity index (χ4n) is 3.14. The summed E-state index contributed by atoms with van der Waals surface area (Å²) in [6.07, 6.45) is 0. The van der Waals surface area contributed by atoms with Crippen LogP contribution < -0.4 is 5.32 Å². The van der Waals surface area contributed by atoms with Crippen molar-refractivity contribution in [2.45, 2.75) is 25.3 Å². The molecular formula is C23H21Cl3N2O3S. The molecule has 1 N–H and O–H groups in total. The Morgan fingerprint density at radius 2 is 1.56 bits per heavy atom. The molecule has 0 saturated heterocycles. The molecule has 0 fully saturated rings. The molecule has 3 rings (SSSR count). The summed E-state index contributed by atoms with van der Waals surface area (Å²) in [6.45, 7) is 3.21. The van der Waals surface area contributed by atoms with E-state index in [1.54, 1.807) is 24.3 Å². The van der Waals surface area contributed by atoms with Gasteiger partial charge in [0.05, 0.1) is 11.4 Å². The van der Waals surface area contributed by atoms with Crippen molar-refractivity contribution in [3.63, 3.8) is 0 Å². The standard InChI is InChI=1S/C23H21Cl3N2O3S/c1-15-6-11-22(16(2)12-15)27-23(29)14-28(13-19-20(25)4-3-5-21(19)26)32(30,31)18-9-7-17(24)8-10-18/h3-12H,13-14H2,1-2H3,(H,27,29). The quantitative estimate of drug-likeness (QED) is 0.417. The maximum absolute atomic E-state index is 13.4. The number of benzene rings is 3. The first kappa shape index (κ1) is 24.6. The number of anilines is 1. The van der Waals surface area contributed by atoms with Gasteiger partial charge in [-0.1, -0.05) is 58.6 Å². The minimum atomic E-state index is -4.06. The molecule has 168 valence electrons. The average molecular weight is 512 g/mol. The Hall–Kier alpha value is -2.09. The van der Waals surface area contributed by atoms with Crippen LogP contribution in [0.25, 0.3) is 0 Å². The number of sulfonamides is 1. The number of nitrogens with zero attached hydrogens (tertiary/aromatic N) is 1. The van der Waals surface area contributed by atoms with Gasteiger partial charge >= 0.3 is 0 Å². The number of carbonyl (C=O) groups excluding carboxylic acids is 1. The molecule has 0 aliphatic rings. The predicted molar refractivity (Wildman–Crippen MR) is 130 cm³/mol. The van der Waals surface area contributed by atoms with Crippen molar-refractivity contribution in [3.05, 3.63) is 92.4 Å². The maximum atomic E-state index is 13.4. The monoisotopic (exact) mass is 510 g/mol. The lowest BCUT2D eigenvalue weighted by Gasteiger charge is -2.23. The van der Waals surface area contributed by atoms with Crippen molar-refractivity contribution in [1.29, 1.82) is 0 Å². The number of hydrogen-bond donors (Lipinski definition) is 1. The van der Waals surface area contributed by atoms with Gasteiger partial charge in [-0.2, -0.15) is 4.31 Å². The lowest BCUT2D eigenvalue weighted by molar-refractivity contribution is -0.116. The van der Waals surface area contributed by atoms with Crippen LogP contribution in [-0.4, -0.2) is 25.2 Å². The summed E-state index contributed by atoms with van der Waals surface area (Å²) < 4.78 is 27.8. The molecule has 0 spiro atoms. The van der Waals surface area contributed by atoms with Crippen molar-refractivity contribution < 1.29 is 13.2 Å². The van der Waals surface area contributed by atoms with Gasteiger partial charge in [-0.05, 0) is 61.9 Å². The minimum Gasteiger partial charge on any atom is -0.325 e. The van der Waals surface area contributed by atoms with Gasteiger partial charge in [-0.3, -0.25) is 4.79 Å². The van der Waals surface area contributed by atoms with Crippen LogP contribution in [0.5, 0.6) is 0 Å². The van der Waals surface area contributed by atoms with Crippen molar-refractivity contribution in [2.75, 3.05) is 11.9 Å². The summed E-state index contributed by atoms with van der Waals surface area (Å²) in [5.74, 6) is -0.488. The SMILES string of the molecule is Cc1ccc(NC(=O)CN(Cc2c(Cl)cccc2Cl)S(=O)(=O)c2ccc(Cl)cc2)c(C)c1. The van der Waals surface area contributed by atoms with Crippen molar-refractivity contribution in [1.82, 2.24) is 4.31 Å². The molecule has 32 heavy (non-hydrogen) atoms. The van der Waals surface area contributed by atoms with Crippen molar-refractivity contribution in [3.8, 4) is 0 Å². The van der Waals surface area contributed by atoms with Crippen LogP contribution in [0.2, 0.25) is 15.1 Å². The van der Waals surface area contributed by atoms with E-state index in [1.165, 1.54) is 24.3 Å². The largest absolute Gasteiger partial charge is 0.325 e. The highest BCUT2D eigenvalue weighted by atomic mass is 35.5. The van der Waals surface area contributed by atoms with E-state index in [1.807, 2.05) is 26.0 Å². The molecular weight excluding hydrogens is 491 g/mol. The molecule has 1 amide bonds. The van der Waals surface area contributed by atoms with Gasteiger partial charge in [-0.15, -0.1) is 0 Å². The van der Waals surface area contributed by atoms with Crippen LogP contribution in [0.3, 0.4) is 0 Å². The first-order valence-electron chi connectivity index (χ1n) is 9.63. The zero-order valence-electron chi connectivity index (χ0n) is 17.4. The maximum Gasteiger partial charge on any atom is 0.243 e. The van der Waals surface area contributed by atoms with Crippen LogP contribution >= 0.6 is 34.8 Å². The van der Waals surface area contributed by atoms with Gasteiger partial charge in [0.25, 0.3) is 0 Å². The van der Waals surface area contributed by atoms with Gasteiger partial charge < -0.3 is 5.32 Å². The third-order valence-electron chi connectivity index (χ3n) is 4.82. The highest BCUT2D eigenvalue weighted by Gasteiger charge is 2.28. The molecule has 0 saturated carbocycles. The molecule has 9 heteroatoms. The van der Waals surface area contributed by atoms with E-state index in [-0.39, 0.29) is 11.4 Å². The summed E-state index contributed by atoms with van der Waals surface area (Å²) in [7, 11) is -4.06. The van der Waals surface area contributed by atoms with Gasteiger partial charge in [0.15, 0.2) is 0 Å². The highest BCUT2D eigenvalue weighted by Crippen LogP contribution is 2.28. The highest BCUT2D eigenvalue weighted by molar-refractivity contribution is 7.89. The second-order valence-electron chi connectivity index (χ2n) is 7.29. The molecule has 0 heterocycles. The second-order valence-corrected chi connectivity index (χ2v) is 10.5.